The van der Waals surface area contributed by atoms with Crippen molar-refractivity contribution in [1.29, 1.82) is 0 Å². The molecule has 0 atom stereocenters. The van der Waals surface area contributed by atoms with Gasteiger partial charge in [0.25, 0.3) is 5.91 Å². The molecule has 0 bridgehead atoms. The summed E-state index contributed by atoms with van der Waals surface area (Å²) in [5.41, 5.74) is 6.82. The van der Waals surface area contributed by atoms with Crippen LogP contribution in [0.15, 0.2) is 54.7 Å². The summed E-state index contributed by atoms with van der Waals surface area (Å²) in [6.45, 7) is 0. The Morgan fingerprint density at radius 1 is 1.05 bits per heavy atom. The van der Waals surface area contributed by atoms with Gasteiger partial charge in [0.1, 0.15) is 5.69 Å². The van der Waals surface area contributed by atoms with Gasteiger partial charge in [0.05, 0.1) is 0 Å². The van der Waals surface area contributed by atoms with Gasteiger partial charge >= 0.3 is 0 Å². The van der Waals surface area contributed by atoms with Gasteiger partial charge in [-0.05, 0) is 12.1 Å². The lowest BCUT2D eigenvalue weighted by atomic mass is 10.2. The standard InChI is InChI=1S/C14H11N5O/c15-14-17-12(10-6-2-1-3-7-10)18-19(14)13(20)11-8-4-5-9-16-11/h1-9H,(H2,15,17,18). The Labute approximate surface area is 114 Å². The second-order valence-corrected chi connectivity index (χ2v) is 4.09. The lowest BCUT2D eigenvalue weighted by molar-refractivity contribution is 0.0943. The van der Waals surface area contributed by atoms with E-state index in [2.05, 4.69) is 15.1 Å². The van der Waals surface area contributed by atoms with Crippen molar-refractivity contribution in [2.45, 2.75) is 0 Å². The molecule has 6 nitrogen and oxygen atoms in total. The number of benzene rings is 1. The molecule has 0 amide bonds. The molecule has 2 aromatic heterocycles. The maximum absolute atomic E-state index is 12.2. The van der Waals surface area contributed by atoms with Gasteiger partial charge in [-0.15, -0.1) is 5.10 Å². The van der Waals surface area contributed by atoms with Gasteiger partial charge < -0.3 is 5.73 Å². The van der Waals surface area contributed by atoms with Crippen molar-refractivity contribution >= 4 is 11.9 Å². The Hall–Kier alpha value is -3.02. The van der Waals surface area contributed by atoms with Gasteiger partial charge in [0.15, 0.2) is 5.82 Å². The smallest absolute Gasteiger partial charge is 0.299 e. The summed E-state index contributed by atoms with van der Waals surface area (Å²) in [6.07, 6.45) is 1.54. The topological polar surface area (TPSA) is 86.7 Å². The predicted octanol–water partition coefficient (Wildman–Crippen LogP) is 1.61. The fourth-order valence-electron chi connectivity index (χ4n) is 1.78. The number of nitrogen functional groups attached to an aromatic ring is 1. The summed E-state index contributed by atoms with van der Waals surface area (Å²) in [4.78, 5) is 20.3. The minimum atomic E-state index is -0.405. The molecule has 0 unspecified atom stereocenters. The second kappa shape index (κ2) is 4.93. The van der Waals surface area contributed by atoms with E-state index in [0.29, 0.717) is 5.82 Å². The number of nitrogens with zero attached hydrogens (tertiary/aromatic N) is 4. The monoisotopic (exact) mass is 265 g/mol. The highest BCUT2D eigenvalue weighted by Crippen LogP contribution is 2.16. The summed E-state index contributed by atoms with van der Waals surface area (Å²) >= 11 is 0. The summed E-state index contributed by atoms with van der Waals surface area (Å²) in [6, 6.07) is 14.4. The van der Waals surface area contributed by atoms with Crippen LogP contribution in [0.5, 0.6) is 0 Å². The van der Waals surface area contributed by atoms with Gasteiger partial charge in [-0.25, -0.2) is 0 Å². The maximum Gasteiger partial charge on any atom is 0.299 e. The molecular formula is C14H11N5O. The van der Waals surface area contributed by atoms with Crippen molar-refractivity contribution in [3.63, 3.8) is 0 Å². The molecule has 2 N–H and O–H groups in total. The number of carbonyl (C=O) groups excluding carboxylic acids is 1. The molecule has 20 heavy (non-hydrogen) atoms. The second-order valence-electron chi connectivity index (χ2n) is 4.09. The Morgan fingerprint density at radius 2 is 1.80 bits per heavy atom. The van der Waals surface area contributed by atoms with Crippen LogP contribution in [0.1, 0.15) is 10.5 Å². The number of nitrogens with two attached hydrogens (primary N) is 1. The summed E-state index contributed by atoms with van der Waals surface area (Å²) < 4.78 is 1.06. The normalized spacial score (nSPS) is 10.4. The van der Waals surface area contributed by atoms with Gasteiger partial charge in [-0.3, -0.25) is 9.78 Å². The molecule has 3 aromatic rings. The molecular weight excluding hydrogens is 254 g/mol. The lowest BCUT2D eigenvalue weighted by Crippen LogP contribution is -2.17. The maximum atomic E-state index is 12.2. The van der Waals surface area contributed by atoms with Crippen LogP contribution < -0.4 is 5.73 Å². The van der Waals surface area contributed by atoms with E-state index in [1.165, 1.54) is 0 Å². The van der Waals surface area contributed by atoms with E-state index in [4.69, 9.17) is 5.73 Å². The van der Waals surface area contributed by atoms with Crippen molar-refractivity contribution in [3.8, 4) is 11.4 Å². The Bertz CT molecular complexity index is 737. The van der Waals surface area contributed by atoms with Crippen molar-refractivity contribution in [2.24, 2.45) is 0 Å². The predicted molar refractivity (Wildman–Crippen MR) is 73.8 cm³/mol. The van der Waals surface area contributed by atoms with Crippen LogP contribution in [0.2, 0.25) is 0 Å². The summed E-state index contributed by atoms with van der Waals surface area (Å²) in [7, 11) is 0. The fourth-order valence-corrected chi connectivity index (χ4v) is 1.78. The van der Waals surface area contributed by atoms with E-state index in [1.54, 1.807) is 24.4 Å². The van der Waals surface area contributed by atoms with Crippen LogP contribution in [0.3, 0.4) is 0 Å². The molecule has 0 aliphatic heterocycles. The third kappa shape index (κ3) is 2.14. The van der Waals surface area contributed by atoms with Crippen molar-refractivity contribution < 1.29 is 4.79 Å². The summed E-state index contributed by atoms with van der Waals surface area (Å²) in [5.74, 6) is 0.0460. The first-order chi connectivity index (χ1) is 9.75. The van der Waals surface area contributed by atoms with Crippen LogP contribution in [0.4, 0.5) is 5.95 Å². The zero-order valence-corrected chi connectivity index (χ0v) is 10.5. The number of pyridine rings is 1. The quantitative estimate of drug-likeness (QED) is 0.760. The van der Waals surface area contributed by atoms with E-state index >= 15 is 0 Å². The Balaban J connectivity index is 2.00. The zero-order valence-electron chi connectivity index (χ0n) is 10.5. The van der Waals surface area contributed by atoms with Gasteiger partial charge in [0, 0.05) is 11.8 Å². The van der Waals surface area contributed by atoms with E-state index < -0.39 is 5.91 Å². The van der Waals surface area contributed by atoms with Crippen molar-refractivity contribution in [2.75, 3.05) is 5.73 Å². The number of hydrogen-bond donors (Lipinski definition) is 1. The van der Waals surface area contributed by atoms with E-state index in [9.17, 15) is 4.79 Å². The fraction of sp³-hybridized carbons (Fsp3) is 0. The van der Waals surface area contributed by atoms with Crippen molar-refractivity contribution in [3.05, 3.63) is 60.4 Å². The molecule has 2 heterocycles. The average Bonchev–Trinajstić information content (AvgIpc) is 2.90. The molecule has 0 saturated carbocycles. The van der Waals surface area contributed by atoms with Gasteiger partial charge in [-0.1, -0.05) is 36.4 Å². The first-order valence-corrected chi connectivity index (χ1v) is 5.99. The molecule has 0 saturated heterocycles. The Kier molecular flexibility index (Phi) is 2.96. The third-order valence-corrected chi connectivity index (χ3v) is 2.74. The highest BCUT2D eigenvalue weighted by Gasteiger charge is 2.17. The number of rotatable bonds is 2. The first kappa shape index (κ1) is 12.0. The van der Waals surface area contributed by atoms with Crippen LogP contribution in [0, 0.1) is 0 Å². The van der Waals surface area contributed by atoms with Crippen LogP contribution in [0.25, 0.3) is 11.4 Å². The molecule has 1 aromatic carbocycles. The number of hydrogen-bond acceptors (Lipinski definition) is 5. The van der Waals surface area contributed by atoms with E-state index in [0.717, 1.165) is 10.2 Å². The summed E-state index contributed by atoms with van der Waals surface area (Å²) in [5, 5.41) is 4.15. The van der Waals surface area contributed by atoms with Gasteiger partial charge in [-0.2, -0.15) is 9.67 Å². The molecule has 98 valence electrons. The Morgan fingerprint density at radius 3 is 2.50 bits per heavy atom. The van der Waals surface area contributed by atoms with Crippen LogP contribution in [-0.4, -0.2) is 25.7 Å². The molecule has 3 rings (SSSR count). The third-order valence-electron chi connectivity index (χ3n) is 2.74. The number of carbonyl (C=O) groups is 1. The van der Waals surface area contributed by atoms with Crippen molar-refractivity contribution in [1.82, 2.24) is 19.7 Å². The average molecular weight is 265 g/mol. The highest BCUT2D eigenvalue weighted by atomic mass is 16.2. The molecule has 6 heteroatoms. The molecule has 0 spiro atoms. The number of aromatic nitrogens is 4. The lowest BCUT2D eigenvalue weighted by Gasteiger charge is -1.99. The molecule has 0 aliphatic rings. The molecule has 0 radical (unpaired) electrons. The highest BCUT2D eigenvalue weighted by molar-refractivity contribution is 5.95. The van der Waals surface area contributed by atoms with E-state index in [-0.39, 0.29) is 11.6 Å². The SMILES string of the molecule is Nc1nc(-c2ccccc2)nn1C(=O)c1ccccn1. The van der Waals surface area contributed by atoms with E-state index in [1.807, 2.05) is 30.3 Å². The van der Waals surface area contributed by atoms with Crippen LogP contribution in [-0.2, 0) is 0 Å². The van der Waals surface area contributed by atoms with Crippen LogP contribution >= 0.6 is 0 Å². The number of anilines is 1. The zero-order chi connectivity index (χ0) is 13.9. The largest absolute Gasteiger partial charge is 0.368 e. The minimum absolute atomic E-state index is 0.0412. The first-order valence-electron chi connectivity index (χ1n) is 5.99. The minimum Gasteiger partial charge on any atom is -0.368 e. The van der Waals surface area contributed by atoms with Gasteiger partial charge in [0.2, 0.25) is 5.95 Å². The molecule has 0 aliphatic carbocycles. The molecule has 0 fully saturated rings.